The largest absolute Gasteiger partial charge is 0.309 e. The molecule has 0 amide bonds. The predicted molar refractivity (Wildman–Crippen MR) is 73.7 cm³/mol. The van der Waals surface area contributed by atoms with Crippen molar-refractivity contribution in [1.82, 2.24) is 29.9 Å². The summed E-state index contributed by atoms with van der Waals surface area (Å²) in [6, 6.07) is 2.58. The summed E-state index contributed by atoms with van der Waals surface area (Å²) in [5.74, 6) is 1.00. The van der Waals surface area contributed by atoms with E-state index in [0.29, 0.717) is 6.04 Å². The number of likely N-dealkylation sites (N-methyl/N-ethyl adjacent to an activating group) is 1. The molecule has 6 nitrogen and oxygen atoms in total. The van der Waals surface area contributed by atoms with Crippen LogP contribution in [-0.4, -0.2) is 31.1 Å². The average Bonchev–Trinajstić information content (AvgIpc) is 2.97. The van der Waals surface area contributed by atoms with Gasteiger partial charge in [-0.05, 0) is 26.5 Å². The minimum absolute atomic E-state index is 0.208. The van der Waals surface area contributed by atoms with Gasteiger partial charge in [0.1, 0.15) is 12.2 Å². The fourth-order valence-corrected chi connectivity index (χ4v) is 2.29. The van der Waals surface area contributed by atoms with Gasteiger partial charge in [-0.2, -0.15) is 10.2 Å². The summed E-state index contributed by atoms with van der Waals surface area (Å²) < 4.78 is 3.88. The second-order valence-electron chi connectivity index (χ2n) is 4.91. The van der Waals surface area contributed by atoms with Gasteiger partial charge in [-0.15, -0.1) is 0 Å². The molecule has 0 bridgehead atoms. The molecule has 6 heteroatoms. The Morgan fingerprint density at radius 1 is 1.32 bits per heavy atom. The topological polar surface area (TPSA) is 60.6 Å². The molecule has 0 aliphatic rings. The summed E-state index contributed by atoms with van der Waals surface area (Å²) in [7, 11) is 1.97. The van der Waals surface area contributed by atoms with Crippen molar-refractivity contribution in [2.24, 2.45) is 7.05 Å². The summed E-state index contributed by atoms with van der Waals surface area (Å²) in [4.78, 5) is 4.38. The molecule has 0 fully saturated rings. The molecule has 104 valence electrons. The molecular formula is C13H22N6. The summed E-state index contributed by atoms with van der Waals surface area (Å²) in [6.45, 7) is 7.25. The molecule has 2 aromatic heterocycles. The summed E-state index contributed by atoms with van der Waals surface area (Å²) in [6.07, 6.45) is 4.26. The smallest absolute Gasteiger partial charge is 0.138 e. The van der Waals surface area contributed by atoms with Crippen molar-refractivity contribution in [2.45, 2.75) is 39.3 Å². The van der Waals surface area contributed by atoms with Crippen molar-refractivity contribution >= 4 is 0 Å². The molecule has 2 rings (SSSR count). The van der Waals surface area contributed by atoms with Gasteiger partial charge in [0.15, 0.2) is 0 Å². The number of aryl methyl sites for hydroxylation is 1. The molecule has 2 aromatic rings. The van der Waals surface area contributed by atoms with Gasteiger partial charge in [0, 0.05) is 25.7 Å². The fourth-order valence-electron chi connectivity index (χ4n) is 2.29. The highest BCUT2D eigenvalue weighted by Gasteiger charge is 2.18. The Kier molecular flexibility index (Phi) is 4.31. The van der Waals surface area contributed by atoms with Crippen molar-refractivity contribution in [3.8, 4) is 0 Å². The van der Waals surface area contributed by atoms with Crippen LogP contribution < -0.4 is 5.32 Å². The van der Waals surface area contributed by atoms with Crippen LogP contribution in [0.25, 0.3) is 0 Å². The maximum atomic E-state index is 4.38. The summed E-state index contributed by atoms with van der Waals surface area (Å²) in [5, 5.41) is 12.0. The Labute approximate surface area is 113 Å². The van der Waals surface area contributed by atoms with Crippen LogP contribution in [0.1, 0.15) is 44.4 Å². The van der Waals surface area contributed by atoms with Gasteiger partial charge < -0.3 is 5.32 Å². The third kappa shape index (κ3) is 3.01. The first-order valence-electron chi connectivity index (χ1n) is 6.73. The van der Waals surface area contributed by atoms with Crippen LogP contribution in [0, 0.1) is 0 Å². The number of nitrogens with zero attached hydrogens (tertiary/aromatic N) is 5. The van der Waals surface area contributed by atoms with Crippen molar-refractivity contribution in [2.75, 3.05) is 6.54 Å². The van der Waals surface area contributed by atoms with Gasteiger partial charge in [-0.25, -0.2) is 9.67 Å². The van der Waals surface area contributed by atoms with E-state index in [-0.39, 0.29) is 6.04 Å². The first-order valence-corrected chi connectivity index (χ1v) is 6.73. The third-order valence-electron chi connectivity index (χ3n) is 3.19. The molecule has 0 aliphatic heterocycles. The normalized spacial score (nSPS) is 13.1. The van der Waals surface area contributed by atoms with Crippen LogP contribution in [-0.2, 0) is 13.5 Å². The van der Waals surface area contributed by atoms with E-state index in [0.717, 1.165) is 18.8 Å². The molecule has 0 saturated heterocycles. The Morgan fingerprint density at radius 3 is 2.68 bits per heavy atom. The lowest BCUT2D eigenvalue weighted by atomic mass is 10.1. The lowest BCUT2D eigenvalue weighted by Crippen LogP contribution is -2.26. The zero-order valence-electron chi connectivity index (χ0n) is 12.0. The van der Waals surface area contributed by atoms with Gasteiger partial charge in [0.25, 0.3) is 0 Å². The van der Waals surface area contributed by atoms with E-state index in [2.05, 4.69) is 41.3 Å². The van der Waals surface area contributed by atoms with E-state index >= 15 is 0 Å². The number of aromatic nitrogens is 5. The quantitative estimate of drug-likeness (QED) is 0.856. The SMILES string of the molecule is CCNC(Cc1ncnn1C(C)C)c1ccnn1C. The monoisotopic (exact) mass is 262 g/mol. The van der Waals surface area contributed by atoms with Crippen molar-refractivity contribution in [3.63, 3.8) is 0 Å². The van der Waals surface area contributed by atoms with Crippen LogP contribution in [0.5, 0.6) is 0 Å². The molecule has 0 spiro atoms. The highest BCUT2D eigenvalue weighted by Crippen LogP contribution is 2.18. The lowest BCUT2D eigenvalue weighted by molar-refractivity contribution is 0.454. The van der Waals surface area contributed by atoms with Crippen LogP contribution in [0.4, 0.5) is 0 Å². The second kappa shape index (κ2) is 5.97. The molecule has 19 heavy (non-hydrogen) atoms. The lowest BCUT2D eigenvalue weighted by Gasteiger charge is -2.19. The zero-order valence-corrected chi connectivity index (χ0v) is 12.0. The second-order valence-corrected chi connectivity index (χ2v) is 4.91. The Morgan fingerprint density at radius 2 is 2.11 bits per heavy atom. The van der Waals surface area contributed by atoms with Crippen LogP contribution in [0.3, 0.4) is 0 Å². The first kappa shape index (κ1) is 13.7. The molecule has 0 saturated carbocycles. The van der Waals surface area contributed by atoms with Crippen molar-refractivity contribution < 1.29 is 0 Å². The minimum Gasteiger partial charge on any atom is -0.309 e. The summed E-state index contributed by atoms with van der Waals surface area (Å²) in [5.41, 5.74) is 1.17. The molecule has 1 unspecified atom stereocenters. The highest BCUT2D eigenvalue weighted by molar-refractivity contribution is 5.09. The third-order valence-corrected chi connectivity index (χ3v) is 3.19. The average molecular weight is 262 g/mol. The number of hydrogen-bond donors (Lipinski definition) is 1. The van der Waals surface area contributed by atoms with Crippen molar-refractivity contribution in [1.29, 1.82) is 0 Å². The Balaban J connectivity index is 2.22. The molecule has 1 atom stereocenters. The predicted octanol–water partition coefficient (Wildman–Crippen LogP) is 1.49. The maximum absolute atomic E-state index is 4.38. The van der Waals surface area contributed by atoms with Gasteiger partial charge in [-0.1, -0.05) is 6.92 Å². The molecular weight excluding hydrogens is 240 g/mol. The van der Waals surface area contributed by atoms with E-state index in [1.807, 2.05) is 28.7 Å². The number of nitrogens with one attached hydrogen (secondary N) is 1. The molecule has 2 heterocycles. The standard InChI is InChI=1S/C13H22N6/c1-5-14-11(12-6-7-16-18(12)4)8-13-15-9-17-19(13)10(2)3/h6-7,9-11,14H,5,8H2,1-4H3. The number of rotatable bonds is 6. The van der Waals surface area contributed by atoms with Gasteiger partial charge in [0.2, 0.25) is 0 Å². The Bertz CT molecular complexity index is 513. The van der Waals surface area contributed by atoms with E-state index in [1.54, 1.807) is 6.33 Å². The van der Waals surface area contributed by atoms with Crippen LogP contribution >= 0.6 is 0 Å². The zero-order chi connectivity index (χ0) is 13.8. The fraction of sp³-hybridized carbons (Fsp3) is 0.615. The van der Waals surface area contributed by atoms with E-state index in [4.69, 9.17) is 0 Å². The minimum atomic E-state index is 0.208. The van der Waals surface area contributed by atoms with Crippen LogP contribution in [0.2, 0.25) is 0 Å². The van der Waals surface area contributed by atoms with Gasteiger partial charge >= 0.3 is 0 Å². The van der Waals surface area contributed by atoms with E-state index < -0.39 is 0 Å². The van der Waals surface area contributed by atoms with E-state index in [1.165, 1.54) is 5.69 Å². The van der Waals surface area contributed by atoms with Gasteiger partial charge in [0.05, 0.1) is 11.7 Å². The number of hydrogen-bond acceptors (Lipinski definition) is 4. The highest BCUT2D eigenvalue weighted by atomic mass is 15.3. The first-order chi connectivity index (χ1) is 9.13. The van der Waals surface area contributed by atoms with E-state index in [9.17, 15) is 0 Å². The summed E-state index contributed by atoms with van der Waals surface area (Å²) >= 11 is 0. The van der Waals surface area contributed by atoms with Crippen molar-refractivity contribution in [3.05, 3.63) is 30.1 Å². The molecule has 0 radical (unpaired) electrons. The van der Waals surface area contributed by atoms with Gasteiger partial charge in [-0.3, -0.25) is 4.68 Å². The maximum Gasteiger partial charge on any atom is 0.138 e. The molecule has 1 N–H and O–H groups in total. The molecule has 0 aliphatic carbocycles. The molecule has 0 aromatic carbocycles. The Hall–Kier alpha value is -1.69. The van der Waals surface area contributed by atoms with Crippen LogP contribution in [0.15, 0.2) is 18.6 Å².